The van der Waals surface area contributed by atoms with Crippen molar-refractivity contribution in [3.8, 4) is 45.4 Å². The first-order valence-electron chi connectivity index (χ1n) is 18.0. The Morgan fingerprint density at radius 3 is 2.38 bits per heavy atom. The van der Waals surface area contributed by atoms with Crippen LogP contribution in [0, 0.1) is 12.3 Å². The van der Waals surface area contributed by atoms with Gasteiger partial charge in [-0.2, -0.15) is 0 Å². The highest BCUT2D eigenvalue weighted by Gasteiger charge is 2.52. The fourth-order valence-corrected chi connectivity index (χ4v) is 8.90. The molecule has 3 saturated heterocycles. The topological polar surface area (TPSA) is 122 Å². The monoisotopic (exact) mass is 721 g/mol. The number of fused-ring (bicyclic) bond motifs is 1. The van der Waals surface area contributed by atoms with Gasteiger partial charge in [0, 0.05) is 92.4 Å². The zero-order valence-corrected chi connectivity index (χ0v) is 30.8. The Morgan fingerprint density at radius 1 is 0.962 bits per heavy atom. The first-order valence-corrected chi connectivity index (χ1v) is 18.4. The van der Waals surface area contributed by atoms with Gasteiger partial charge in [0.25, 0.3) is 0 Å². The molecule has 2 aromatic carbocycles. The Kier molecular flexibility index (Phi) is 9.13. The maximum absolute atomic E-state index is 11.7. The van der Waals surface area contributed by atoms with Crippen molar-refractivity contribution in [3.05, 3.63) is 76.1 Å². The second kappa shape index (κ2) is 13.8. The summed E-state index contributed by atoms with van der Waals surface area (Å²) in [6, 6.07) is 14.6. The number of hydrogen-bond acceptors (Lipinski definition) is 9. The smallest absolute Gasteiger partial charge is 0.237 e. The lowest BCUT2D eigenvalue weighted by atomic mass is 9.73. The number of halogens is 1. The normalized spacial score (nSPS) is 20.3. The van der Waals surface area contributed by atoms with Gasteiger partial charge in [-0.15, -0.1) is 0 Å². The summed E-state index contributed by atoms with van der Waals surface area (Å²) >= 11 is 7.25. The maximum Gasteiger partial charge on any atom is 0.237 e. The largest absolute Gasteiger partial charge is 0.481 e. The molecule has 52 heavy (non-hydrogen) atoms. The predicted octanol–water partition coefficient (Wildman–Crippen LogP) is 5.37. The van der Waals surface area contributed by atoms with Gasteiger partial charge in [-0.05, 0) is 48.9 Å². The van der Waals surface area contributed by atoms with Crippen LogP contribution in [0.15, 0.2) is 48.7 Å². The fraction of sp³-hybridized carbons (Fsp3) is 0.425. The number of hydrogen-bond donors (Lipinski definition) is 2. The van der Waals surface area contributed by atoms with Crippen molar-refractivity contribution < 1.29 is 19.1 Å². The molecule has 5 heterocycles. The molecule has 11 nitrogen and oxygen atoms in total. The molecule has 1 spiro atoms. The van der Waals surface area contributed by atoms with E-state index in [9.17, 15) is 9.59 Å². The van der Waals surface area contributed by atoms with Crippen molar-refractivity contribution in [1.82, 2.24) is 35.4 Å². The maximum atomic E-state index is 11.7. The number of methoxy groups -OCH3 is 2. The molecular formula is C40H44ClN7O4. The third-order valence-corrected chi connectivity index (χ3v) is 11.6. The van der Waals surface area contributed by atoms with E-state index >= 15 is 0 Å². The lowest BCUT2D eigenvalue weighted by Crippen LogP contribution is -2.72. The van der Waals surface area contributed by atoms with Crippen LogP contribution in [-0.2, 0) is 22.6 Å². The average Bonchev–Trinajstić information content (AvgIpc) is 3.73. The van der Waals surface area contributed by atoms with E-state index in [0.717, 1.165) is 102 Å². The summed E-state index contributed by atoms with van der Waals surface area (Å²) in [5.41, 5.74) is 9.52. The Morgan fingerprint density at radius 2 is 1.67 bits per heavy atom. The number of pyridine rings is 1. The number of aromatic nitrogens is 3. The third-order valence-electron chi connectivity index (χ3n) is 11.2. The van der Waals surface area contributed by atoms with Crippen molar-refractivity contribution in [2.75, 3.05) is 46.9 Å². The van der Waals surface area contributed by atoms with Crippen LogP contribution in [0.25, 0.3) is 33.6 Å². The molecule has 2 atom stereocenters. The first kappa shape index (κ1) is 34.5. The van der Waals surface area contributed by atoms with Crippen molar-refractivity contribution >= 4 is 23.4 Å². The third kappa shape index (κ3) is 6.28. The van der Waals surface area contributed by atoms with Crippen LogP contribution in [0.3, 0.4) is 0 Å². The van der Waals surface area contributed by atoms with E-state index in [1.807, 2.05) is 41.4 Å². The second-order valence-electron chi connectivity index (χ2n) is 14.8. The van der Waals surface area contributed by atoms with Gasteiger partial charge in [0.2, 0.25) is 23.6 Å². The number of aryl methyl sites for hydroxylation is 1. The van der Waals surface area contributed by atoms with Crippen molar-refractivity contribution in [3.63, 3.8) is 0 Å². The van der Waals surface area contributed by atoms with E-state index in [4.69, 9.17) is 36.0 Å². The fourth-order valence-electron chi connectivity index (χ4n) is 8.57. The molecule has 2 aromatic heterocycles. The second-order valence-corrected chi connectivity index (χ2v) is 15.1. The van der Waals surface area contributed by atoms with Gasteiger partial charge in [-0.1, -0.05) is 48.0 Å². The van der Waals surface area contributed by atoms with Gasteiger partial charge in [0.05, 0.1) is 36.8 Å². The number of likely N-dealkylation sites (tertiary alicyclic amines) is 2. The number of amides is 2. The quantitative estimate of drug-likeness (QED) is 0.223. The Balaban J connectivity index is 1.02. The minimum absolute atomic E-state index is 0.113. The van der Waals surface area contributed by atoms with E-state index < -0.39 is 0 Å². The minimum Gasteiger partial charge on any atom is -0.481 e. The zero-order valence-electron chi connectivity index (χ0n) is 30.1. The molecule has 12 heteroatoms. The summed E-state index contributed by atoms with van der Waals surface area (Å²) in [5, 5.41) is 7.31. The Hall–Kier alpha value is -4.58. The molecule has 4 aromatic rings. The molecule has 2 N–H and O–H groups in total. The van der Waals surface area contributed by atoms with E-state index in [1.165, 1.54) is 5.56 Å². The SMILES string of the molecule is COc1nc(-c2cccc(-c3cccc(-c4cc5c(c(OC)n4)[C@@H](NC[C@@H]4CCC(=O)N4)CC5)c3Cl)c2C)cnc1CN1CC2(C1)CN(C(C)=O)C2. The van der Waals surface area contributed by atoms with E-state index in [1.54, 1.807) is 21.1 Å². The molecule has 8 rings (SSSR count). The van der Waals surface area contributed by atoms with E-state index in [2.05, 4.69) is 34.6 Å². The molecule has 3 fully saturated rings. The zero-order chi connectivity index (χ0) is 36.1. The summed E-state index contributed by atoms with van der Waals surface area (Å²) in [6.45, 7) is 8.65. The number of rotatable bonds is 10. The van der Waals surface area contributed by atoms with Crippen molar-refractivity contribution in [2.24, 2.45) is 5.41 Å². The lowest BCUT2D eigenvalue weighted by molar-refractivity contribution is -0.157. The summed E-state index contributed by atoms with van der Waals surface area (Å²) in [7, 11) is 3.30. The van der Waals surface area contributed by atoms with Gasteiger partial charge in [-0.3, -0.25) is 19.5 Å². The molecule has 0 radical (unpaired) electrons. The molecule has 270 valence electrons. The van der Waals surface area contributed by atoms with E-state index in [-0.39, 0.29) is 29.3 Å². The standard InChI is InChI=1S/C40H44ClN7O4/c1-23-27(7-5-8-28(23)33-17-43-34(38(46-33)51-3)18-47-19-40(20-47)21-48(22-40)24(2)49)29-9-6-10-30(37(29)41)32-15-25-11-13-31(36(25)39(45-32)52-4)42-16-26-12-14-35(50)44-26/h5-10,15,17,26,31,42H,11-14,16,18-22H2,1-4H3,(H,44,50)/t26-,31-/m0/s1. The minimum atomic E-state index is 0.113. The van der Waals surface area contributed by atoms with Gasteiger partial charge in [0.15, 0.2) is 0 Å². The highest BCUT2D eigenvalue weighted by molar-refractivity contribution is 6.36. The molecular weight excluding hydrogens is 678 g/mol. The summed E-state index contributed by atoms with van der Waals surface area (Å²) < 4.78 is 11.6. The van der Waals surface area contributed by atoms with Gasteiger partial charge < -0.3 is 25.0 Å². The molecule has 2 amide bonds. The molecule has 0 saturated carbocycles. The molecule has 0 bridgehead atoms. The summed E-state index contributed by atoms with van der Waals surface area (Å²) in [5.74, 6) is 1.39. The lowest BCUT2D eigenvalue weighted by Gasteiger charge is -2.60. The van der Waals surface area contributed by atoms with Crippen LogP contribution in [0.2, 0.25) is 5.02 Å². The predicted molar refractivity (Wildman–Crippen MR) is 199 cm³/mol. The number of nitrogens with zero attached hydrogens (tertiary/aromatic N) is 5. The van der Waals surface area contributed by atoms with Crippen LogP contribution < -0.4 is 20.1 Å². The Labute approximate surface area is 309 Å². The first-order chi connectivity index (χ1) is 25.1. The number of carbonyl (C=O) groups excluding carboxylic acids is 2. The summed E-state index contributed by atoms with van der Waals surface area (Å²) in [6.07, 6.45) is 5.11. The van der Waals surface area contributed by atoms with Crippen LogP contribution in [0.4, 0.5) is 0 Å². The van der Waals surface area contributed by atoms with Crippen LogP contribution in [-0.4, -0.2) is 89.6 Å². The molecule has 3 aliphatic heterocycles. The van der Waals surface area contributed by atoms with Crippen molar-refractivity contribution in [2.45, 2.75) is 58.2 Å². The van der Waals surface area contributed by atoms with Gasteiger partial charge in [-0.25, -0.2) is 9.97 Å². The Bertz CT molecular complexity index is 2060. The highest BCUT2D eigenvalue weighted by atomic mass is 35.5. The number of benzene rings is 2. The van der Waals surface area contributed by atoms with Crippen LogP contribution in [0.1, 0.15) is 54.6 Å². The van der Waals surface area contributed by atoms with Crippen molar-refractivity contribution in [1.29, 1.82) is 0 Å². The summed E-state index contributed by atoms with van der Waals surface area (Å²) in [4.78, 5) is 42.3. The van der Waals surface area contributed by atoms with E-state index in [0.29, 0.717) is 29.7 Å². The highest BCUT2D eigenvalue weighted by Crippen LogP contribution is 2.44. The van der Waals surface area contributed by atoms with Gasteiger partial charge >= 0.3 is 0 Å². The van der Waals surface area contributed by atoms with Gasteiger partial charge in [0.1, 0.15) is 5.69 Å². The molecule has 4 aliphatic rings. The van der Waals surface area contributed by atoms with Crippen LogP contribution in [0.5, 0.6) is 11.8 Å². The number of nitrogens with one attached hydrogen (secondary N) is 2. The molecule has 0 unspecified atom stereocenters. The number of carbonyl (C=O) groups is 2. The number of ether oxygens (including phenoxy) is 2. The van der Waals surface area contributed by atoms with Crippen LogP contribution >= 0.6 is 11.6 Å². The molecule has 1 aliphatic carbocycles. The average molecular weight is 722 g/mol.